The van der Waals surface area contributed by atoms with Crippen LogP contribution in [0.1, 0.15) is 12.1 Å². The summed E-state index contributed by atoms with van der Waals surface area (Å²) in [5.41, 5.74) is 1.74. The fraction of sp³-hybridized carbons (Fsp3) is 0.520. The van der Waals surface area contributed by atoms with Crippen LogP contribution < -0.4 is 14.7 Å². The molecule has 0 spiro atoms. The van der Waals surface area contributed by atoms with Crippen molar-refractivity contribution < 1.29 is 9.59 Å². The minimum atomic E-state index is -0.316. The molecule has 2 aromatic rings. The van der Waals surface area contributed by atoms with Crippen LogP contribution >= 0.6 is 11.6 Å². The molecular weight excluding hydrogens is 466 g/mol. The van der Waals surface area contributed by atoms with E-state index in [2.05, 4.69) is 32.8 Å². The Morgan fingerprint density at radius 2 is 1.60 bits per heavy atom. The lowest BCUT2D eigenvalue weighted by atomic mass is 10.1. The molecule has 10 heteroatoms. The van der Waals surface area contributed by atoms with Crippen LogP contribution in [-0.4, -0.2) is 97.5 Å². The summed E-state index contributed by atoms with van der Waals surface area (Å²) in [5, 5.41) is 0.624. The predicted octanol–water partition coefficient (Wildman–Crippen LogP) is 1.89. The molecule has 0 radical (unpaired) electrons. The number of likely N-dealkylation sites (N-methyl/N-ethyl adjacent to an activating group) is 1. The Kier molecular flexibility index (Phi) is 6.80. The first-order chi connectivity index (χ1) is 16.9. The Morgan fingerprint density at radius 3 is 2.29 bits per heavy atom. The average molecular weight is 498 g/mol. The maximum atomic E-state index is 13.2. The van der Waals surface area contributed by atoms with Gasteiger partial charge in [0.15, 0.2) is 0 Å². The summed E-state index contributed by atoms with van der Waals surface area (Å²) in [6.07, 6.45) is 0.247. The van der Waals surface area contributed by atoms with E-state index in [9.17, 15) is 9.59 Å². The number of nitrogens with zero attached hydrogens (tertiary/aromatic N) is 7. The molecule has 5 rings (SSSR count). The standard InChI is InChI=1S/C25H32ClN7O2/c1-18-15-22(30-9-7-29(2)8-10-30)28-25(27-18)32-13-11-31(12-14-32)24(35)19-16-23(34)33(17-19)21-5-3-20(26)4-6-21/h3-6,15,19H,7-14,16-17H2,1-2H3. The van der Waals surface area contributed by atoms with Gasteiger partial charge in [-0.05, 0) is 38.2 Å². The molecule has 0 N–H and O–H groups in total. The van der Waals surface area contributed by atoms with Gasteiger partial charge in [0.2, 0.25) is 17.8 Å². The van der Waals surface area contributed by atoms with Crippen LogP contribution in [0.4, 0.5) is 17.5 Å². The van der Waals surface area contributed by atoms with Crippen LogP contribution in [0.25, 0.3) is 0 Å². The van der Waals surface area contributed by atoms with Crippen molar-refractivity contribution in [3.05, 3.63) is 41.0 Å². The zero-order valence-electron chi connectivity index (χ0n) is 20.4. The second kappa shape index (κ2) is 9.99. The van der Waals surface area contributed by atoms with Crippen LogP contribution in [0.5, 0.6) is 0 Å². The zero-order chi connectivity index (χ0) is 24.5. The highest BCUT2D eigenvalue weighted by atomic mass is 35.5. The highest BCUT2D eigenvalue weighted by molar-refractivity contribution is 6.30. The lowest BCUT2D eigenvalue weighted by Crippen LogP contribution is -2.51. The van der Waals surface area contributed by atoms with Gasteiger partial charge >= 0.3 is 0 Å². The van der Waals surface area contributed by atoms with E-state index in [0.717, 1.165) is 49.3 Å². The number of carbonyl (C=O) groups excluding carboxylic acids is 2. The normalized spacial score (nSPS) is 21.7. The Bertz CT molecular complexity index is 1080. The second-order valence-corrected chi connectivity index (χ2v) is 10.1. The maximum absolute atomic E-state index is 13.2. The first-order valence-electron chi connectivity index (χ1n) is 12.3. The Balaban J connectivity index is 1.19. The molecule has 3 fully saturated rings. The van der Waals surface area contributed by atoms with Crippen molar-refractivity contribution in [2.24, 2.45) is 5.92 Å². The maximum Gasteiger partial charge on any atom is 0.228 e. The fourth-order valence-corrected chi connectivity index (χ4v) is 5.13. The number of benzene rings is 1. The summed E-state index contributed by atoms with van der Waals surface area (Å²) >= 11 is 5.97. The van der Waals surface area contributed by atoms with Gasteiger partial charge in [-0.1, -0.05) is 11.6 Å². The highest BCUT2D eigenvalue weighted by Gasteiger charge is 2.38. The molecule has 186 valence electrons. The Hall–Kier alpha value is -2.91. The number of aromatic nitrogens is 2. The third-order valence-corrected chi connectivity index (χ3v) is 7.39. The number of amides is 2. The van der Waals surface area contributed by atoms with Crippen molar-refractivity contribution in [1.82, 2.24) is 19.8 Å². The molecule has 0 bridgehead atoms. The van der Waals surface area contributed by atoms with Crippen molar-refractivity contribution in [2.45, 2.75) is 13.3 Å². The molecule has 2 amide bonds. The van der Waals surface area contributed by atoms with Gasteiger partial charge < -0.3 is 24.5 Å². The molecular formula is C25H32ClN7O2. The van der Waals surface area contributed by atoms with E-state index in [4.69, 9.17) is 16.6 Å². The molecule has 3 saturated heterocycles. The fourth-order valence-electron chi connectivity index (χ4n) is 5.00. The summed E-state index contributed by atoms with van der Waals surface area (Å²) in [7, 11) is 2.14. The largest absolute Gasteiger partial charge is 0.354 e. The van der Waals surface area contributed by atoms with Crippen molar-refractivity contribution in [3.63, 3.8) is 0 Å². The molecule has 1 aromatic carbocycles. The van der Waals surface area contributed by atoms with E-state index in [1.165, 1.54) is 0 Å². The van der Waals surface area contributed by atoms with E-state index >= 15 is 0 Å². The van der Waals surface area contributed by atoms with Crippen molar-refractivity contribution in [1.29, 1.82) is 0 Å². The van der Waals surface area contributed by atoms with E-state index in [1.54, 1.807) is 17.0 Å². The highest BCUT2D eigenvalue weighted by Crippen LogP contribution is 2.28. The van der Waals surface area contributed by atoms with Gasteiger partial charge in [0.25, 0.3) is 0 Å². The summed E-state index contributed by atoms with van der Waals surface area (Å²) < 4.78 is 0. The van der Waals surface area contributed by atoms with Gasteiger partial charge in [-0.2, -0.15) is 4.98 Å². The summed E-state index contributed by atoms with van der Waals surface area (Å²) in [4.78, 5) is 45.8. The minimum absolute atomic E-state index is 0.0195. The van der Waals surface area contributed by atoms with Gasteiger partial charge in [-0.15, -0.1) is 0 Å². The van der Waals surface area contributed by atoms with Crippen LogP contribution in [0, 0.1) is 12.8 Å². The van der Waals surface area contributed by atoms with Crippen LogP contribution in [-0.2, 0) is 9.59 Å². The van der Waals surface area contributed by atoms with Crippen LogP contribution in [0.2, 0.25) is 5.02 Å². The van der Waals surface area contributed by atoms with Gasteiger partial charge in [0.05, 0.1) is 5.92 Å². The van der Waals surface area contributed by atoms with E-state index in [1.807, 2.05) is 24.0 Å². The first-order valence-corrected chi connectivity index (χ1v) is 12.6. The molecule has 4 heterocycles. The van der Waals surface area contributed by atoms with Gasteiger partial charge in [0, 0.05) is 87.8 Å². The summed E-state index contributed by atoms with van der Waals surface area (Å²) in [6.45, 7) is 8.96. The molecule has 9 nitrogen and oxygen atoms in total. The number of halogens is 1. The molecule has 3 aliphatic rings. The number of rotatable bonds is 4. The topological polar surface area (TPSA) is 76.1 Å². The molecule has 1 atom stereocenters. The smallest absolute Gasteiger partial charge is 0.228 e. The molecule has 0 aliphatic carbocycles. The number of hydrogen-bond acceptors (Lipinski definition) is 7. The Labute approximate surface area is 211 Å². The lowest BCUT2D eigenvalue weighted by molar-refractivity contribution is -0.136. The van der Waals surface area contributed by atoms with Gasteiger partial charge in [0.1, 0.15) is 5.82 Å². The SMILES string of the molecule is Cc1cc(N2CCN(C)CC2)nc(N2CCN(C(=O)C3CC(=O)N(c4ccc(Cl)cc4)C3)CC2)n1. The zero-order valence-corrected chi connectivity index (χ0v) is 21.1. The van der Waals surface area contributed by atoms with E-state index < -0.39 is 0 Å². The lowest BCUT2D eigenvalue weighted by Gasteiger charge is -2.37. The van der Waals surface area contributed by atoms with Crippen LogP contribution in [0.15, 0.2) is 30.3 Å². The average Bonchev–Trinajstić information content (AvgIpc) is 3.25. The molecule has 3 aliphatic heterocycles. The number of piperazine rings is 2. The quantitative estimate of drug-likeness (QED) is 0.638. The molecule has 0 saturated carbocycles. The molecule has 1 unspecified atom stereocenters. The monoisotopic (exact) mass is 497 g/mol. The van der Waals surface area contributed by atoms with Gasteiger partial charge in [-0.25, -0.2) is 4.98 Å². The third-order valence-electron chi connectivity index (χ3n) is 7.14. The molecule has 1 aromatic heterocycles. The predicted molar refractivity (Wildman–Crippen MR) is 137 cm³/mol. The van der Waals surface area contributed by atoms with E-state index in [0.29, 0.717) is 37.7 Å². The summed E-state index contributed by atoms with van der Waals surface area (Å²) in [5.74, 6) is 1.43. The Morgan fingerprint density at radius 1 is 0.943 bits per heavy atom. The van der Waals surface area contributed by atoms with Crippen molar-refractivity contribution in [2.75, 3.05) is 80.7 Å². The number of hydrogen-bond donors (Lipinski definition) is 0. The number of carbonyl (C=O) groups is 2. The minimum Gasteiger partial charge on any atom is -0.354 e. The molecule has 35 heavy (non-hydrogen) atoms. The van der Waals surface area contributed by atoms with Gasteiger partial charge in [-0.3, -0.25) is 9.59 Å². The van der Waals surface area contributed by atoms with Crippen LogP contribution in [0.3, 0.4) is 0 Å². The first kappa shape index (κ1) is 23.8. The number of aryl methyl sites for hydroxylation is 1. The van der Waals surface area contributed by atoms with E-state index in [-0.39, 0.29) is 24.2 Å². The van der Waals surface area contributed by atoms with Crippen molar-refractivity contribution >= 4 is 40.9 Å². The third kappa shape index (κ3) is 5.21. The second-order valence-electron chi connectivity index (χ2n) is 9.65. The van der Waals surface area contributed by atoms with Crippen molar-refractivity contribution in [3.8, 4) is 0 Å². The number of anilines is 3. The summed E-state index contributed by atoms with van der Waals surface area (Å²) in [6, 6.07) is 9.23.